The van der Waals surface area contributed by atoms with E-state index in [0.717, 1.165) is 4.47 Å². The Morgan fingerprint density at radius 2 is 1.71 bits per heavy atom. The number of rotatable bonds is 8. The third kappa shape index (κ3) is 6.02. The van der Waals surface area contributed by atoms with Gasteiger partial charge in [-0.05, 0) is 42.0 Å². The molecule has 0 saturated carbocycles. The van der Waals surface area contributed by atoms with E-state index in [1.165, 1.54) is 33.5 Å². The molecule has 0 radical (unpaired) electrons. The first kappa shape index (κ1) is 21.3. The van der Waals surface area contributed by atoms with Gasteiger partial charge in [0.1, 0.15) is 0 Å². The molecule has 0 aliphatic heterocycles. The molecule has 0 fully saturated rings. The van der Waals surface area contributed by atoms with Gasteiger partial charge < -0.3 is 24.3 Å². The molecule has 0 bridgehead atoms. The van der Waals surface area contributed by atoms with Crippen molar-refractivity contribution in [2.24, 2.45) is 0 Å². The van der Waals surface area contributed by atoms with E-state index in [1.54, 1.807) is 30.3 Å². The number of nitrogens with one attached hydrogen (secondary N) is 1. The second-order valence-electron chi connectivity index (χ2n) is 5.46. The zero-order chi connectivity index (χ0) is 20.5. The van der Waals surface area contributed by atoms with Gasteiger partial charge in [0.2, 0.25) is 5.75 Å². The molecule has 7 nitrogen and oxygen atoms in total. The fourth-order valence-corrected chi connectivity index (χ4v) is 2.71. The van der Waals surface area contributed by atoms with Crippen molar-refractivity contribution in [3.05, 3.63) is 52.5 Å². The maximum absolute atomic E-state index is 11.9. The Balaban J connectivity index is 1.95. The monoisotopic (exact) mass is 449 g/mol. The van der Waals surface area contributed by atoms with Crippen LogP contribution in [0.15, 0.2) is 46.9 Å². The Kier molecular flexibility index (Phi) is 7.88. The van der Waals surface area contributed by atoms with Crippen LogP contribution in [-0.4, -0.2) is 39.8 Å². The third-order valence-electron chi connectivity index (χ3n) is 3.55. The summed E-state index contributed by atoms with van der Waals surface area (Å²) in [5, 5.41) is 2.64. The van der Waals surface area contributed by atoms with E-state index in [9.17, 15) is 9.59 Å². The molecule has 8 heteroatoms. The predicted octanol–water partition coefficient (Wildman–Crippen LogP) is 3.67. The standard InChI is InChI=1S/C20H20BrNO6/c1-25-16-9-13(10-17(26-2)20(16)27-3)7-8-19(24)28-12-18(23)22-15-6-4-5-14(21)11-15/h4-11H,12H2,1-3H3,(H,22,23)/b8-7+. The number of carbonyl (C=O) groups excluding carboxylic acids is 2. The lowest BCUT2D eigenvalue weighted by Crippen LogP contribution is -2.20. The number of carbonyl (C=O) groups is 2. The van der Waals surface area contributed by atoms with Gasteiger partial charge in [0.05, 0.1) is 21.3 Å². The normalized spacial score (nSPS) is 10.4. The average Bonchev–Trinajstić information content (AvgIpc) is 2.69. The second kappa shape index (κ2) is 10.4. The molecule has 1 amide bonds. The molecule has 0 unspecified atom stereocenters. The van der Waals surface area contributed by atoms with Gasteiger partial charge in [-0.2, -0.15) is 0 Å². The molecular weight excluding hydrogens is 430 g/mol. The van der Waals surface area contributed by atoms with E-state index in [2.05, 4.69) is 21.2 Å². The summed E-state index contributed by atoms with van der Waals surface area (Å²) in [6.45, 7) is -0.398. The van der Waals surface area contributed by atoms with E-state index in [0.29, 0.717) is 28.5 Å². The van der Waals surface area contributed by atoms with Gasteiger partial charge >= 0.3 is 5.97 Å². The van der Waals surface area contributed by atoms with Gasteiger partial charge in [0, 0.05) is 16.2 Å². The minimum Gasteiger partial charge on any atom is -0.493 e. The van der Waals surface area contributed by atoms with E-state index in [1.807, 2.05) is 6.07 Å². The fraction of sp³-hybridized carbons (Fsp3) is 0.200. The minimum atomic E-state index is -0.654. The number of halogens is 1. The maximum Gasteiger partial charge on any atom is 0.331 e. The molecular formula is C20H20BrNO6. The first-order chi connectivity index (χ1) is 13.5. The van der Waals surface area contributed by atoms with Crippen molar-refractivity contribution < 1.29 is 28.5 Å². The number of hydrogen-bond acceptors (Lipinski definition) is 6. The zero-order valence-electron chi connectivity index (χ0n) is 15.7. The molecule has 148 valence electrons. The summed E-state index contributed by atoms with van der Waals surface area (Å²) in [4.78, 5) is 23.7. The Morgan fingerprint density at radius 3 is 2.29 bits per heavy atom. The van der Waals surface area contributed by atoms with Crippen LogP contribution in [0.5, 0.6) is 17.2 Å². The quantitative estimate of drug-likeness (QED) is 0.488. The topological polar surface area (TPSA) is 83.1 Å². The number of anilines is 1. The van der Waals surface area contributed by atoms with Crippen LogP contribution in [0.25, 0.3) is 6.08 Å². The zero-order valence-corrected chi connectivity index (χ0v) is 17.2. The van der Waals surface area contributed by atoms with Crippen molar-refractivity contribution in [3.8, 4) is 17.2 Å². The first-order valence-corrected chi connectivity index (χ1v) is 8.96. The molecule has 0 aliphatic carbocycles. The number of ether oxygens (including phenoxy) is 4. The van der Waals surface area contributed by atoms with Crippen LogP contribution in [0.1, 0.15) is 5.56 Å². The van der Waals surface area contributed by atoms with Crippen LogP contribution >= 0.6 is 15.9 Å². The van der Waals surface area contributed by atoms with Gasteiger partial charge in [-0.3, -0.25) is 4.79 Å². The molecule has 0 aromatic heterocycles. The van der Waals surface area contributed by atoms with Crippen LogP contribution in [0.4, 0.5) is 5.69 Å². The summed E-state index contributed by atoms with van der Waals surface area (Å²) in [7, 11) is 4.51. The van der Waals surface area contributed by atoms with Crippen molar-refractivity contribution >= 4 is 39.6 Å². The number of amides is 1. The van der Waals surface area contributed by atoms with Crippen LogP contribution in [-0.2, 0) is 14.3 Å². The first-order valence-electron chi connectivity index (χ1n) is 8.17. The summed E-state index contributed by atoms with van der Waals surface area (Å²) >= 11 is 3.31. The number of benzene rings is 2. The van der Waals surface area contributed by atoms with Crippen molar-refractivity contribution in [3.63, 3.8) is 0 Å². The van der Waals surface area contributed by atoms with Gasteiger partial charge in [0.25, 0.3) is 5.91 Å². The number of hydrogen-bond donors (Lipinski definition) is 1. The highest BCUT2D eigenvalue weighted by atomic mass is 79.9. The van der Waals surface area contributed by atoms with Crippen molar-refractivity contribution in [2.75, 3.05) is 33.3 Å². The van der Waals surface area contributed by atoms with E-state index < -0.39 is 18.5 Å². The summed E-state index contributed by atoms with van der Waals surface area (Å²) in [6, 6.07) is 10.5. The Morgan fingerprint density at radius 1 is 1.04 bits per heavy atom. The lowest BCUT2D eigenvalue weighted by atomic mass is 10.1. The maximum atomic E-state index is 11.9. The van der Waals surface area contributed by atoms with E-state index in [4.69, 9.17) is 18.9 Å². The highest BCUT2D eigenvalue weighted by Gasteiger charge is 2.12. The average molecular weight is 450 g/mol. The molecule has 2 rings (SSSR count). The van der Waals surface area contributed by atoms with Crippen molar-refractivity contribution in [1.82, 2.24) is 0 Å². The highest BCUT2D eigenvalue weighted by Crippen LogP contribution is 2.38. The van der Waals surface area contributed by atoms with Crippen LogP contribution in [0.2, 0.25) is 0 Å². The molecule has 0 heterocycles. The SMILES string of the molecule is COc1cc(/C=C/C(=O)OCC(=O)Nc2cccc(Br)c2)cc(OC)c1OC. The number of methoxy groups -OCH3 is 3. The largest absolute Gasteiger partial charge is 0.493 e. The second-order valence-corrected chi connectivity index (χ2v) is 6.37. The Hall–Kier alpha value is -3.00. The van der Waals surface area contributed by atoms with Gasteiger partial charge in [0.15, 0.2) is 18.1 Å². The summed E-state index contributed by atoms with van der Waals surface area (Å²) in [5.41, 5.74) is 1.24. The molecule has 0 atom stereocenters. The minimum absolute atomic E-state index is 0.398. The molecule has 0 saturated heterocycles. The lowest BCUT2D eigenvalue weighted by Gasteiger charge is -2.12. The molecule has 0 spiro atoms. The van der Waals surface area contributed by atoms with E-state index >= 15 is 0 Å². The van der Waals surface area contributed by atoms with Crippen molar-refractivity contribution in [1.29, 1.82) is 0 Å². The van der Waals surface area contributed by atoms with Crippen LogP contribution < -0.4 is 19.5 Å². The van der Waals surface area contributed by atoms with Crippen molar-refractivity contribution in [2.45, 2.75) is 0 Å². The molecule has 2 aromatic rings. The smallest absolute Gasteiger partial charge is 0.331 e. The molecule has 28 heavy (non-hydrogen) atoms. The van der Waals surface area contributed by atoms with E-state index in [-0.39, 0.29) is 0 Å². The Labute approximate surface area is 171 Å². The molecule has 1 N–H and O–H groups in total. The summed E-state index contributed by atoms with van der Waals surface area (Å²) in [6.07, 6.45) is 2.74. The highest BCUT2D eigenvalue weighted by molar-refractivity contribution is 9.10. The Bertz CT molecular complexity index is 856. The van der Waals surface area contributed by atoms with Gasteiger partial charge in [-0.15, -0.1) is 0 Å². The lowest BCUT2D eigenvalue weighted by molar-refractivity contribution is -0.142. The summed E-state index contributed by atoms with van der Waals surface area (Å²) in [5.74, 6) is 0.284. The number of esters is 1. The third-order valence-corrected chi connectivity index (χ3v) is 4.05. The molecule has 2 aromatic carbocycles. The summed E-state index contributed by atoms with van der Waals surface area (Å²) < 4.78 is 21.5. The predicted molar refractivity (Wildman–Crippen MR) is 109 cm³/mol. The van der Waals surface area contributed by atoms with Gasteiger partial charge in [-0.1, -0.05) is 22.0 Å². The van der Waals surface area contributed by atoms with Crippen LogP contribution in [0.3, 0.4) is 0 Å². The van der Waals surface area contributed by atoms with Gasteiger partial charge in [-0.25, -0.2) is 4.79 Å². The van der Waals surface area contributed by atoms with Crippen LogP contribution in [0, 0.1) is 0 Å². The fourth-order valence-electron chi connectivity index (χ4n) is 2.31. The molecule has 0 aliphatic rings.